The number of carbonyl (C=O) groups is 3. The molecule has 0 spiro atoms. The van der Waals surface area contributed by atoms with Gasteiger partial charge in [-0.3, -0.25) is 24.8 Å². The first kappa shape index (κ1) is 32.1. The second kappa shape index (κ2) is 16.1. The number of hydrogen-bond donors (Lipinski definition) is 7. The van der Waals surface area contributed by atoms with Crippen LogP contribution >= 0.6 is 0 Å². The standard InChI is InChI=1S/C31H44N8O3/c32-27(33)23-15-13-21(14-16-23)18-24(22-10-5-2-6-11-22)29(41)39-26(19-20-8-3-1-4-9-20)30(42)38-25(28(34)40)12-7-17-37-31(35)36/h1,3-4,8-9,13-16,22,24-26H,2,5-7,10-12,17-19H2,(H3,32,33)(H2,34,40)(H,38,42)(H,39,41)(H4,35,36,37)/t24-,25+,26+/m1/s1. The summed E-state index contributed by atoms with van der Waals surface area (Å²) < 4.78 is 0. The lowest BCUT2D eigenvalue weighted by molar-refractivity contribution is -0.133. The zero-order chi connectivity index (χ0) is 30.5. The smallest absolute Gasteiger partial charge is 0.243 e. The average molecular weight is 577 g/mol. The van der Waals surface area contributed by atoms with Crippen LogP contribution in [0.4, 0.5) is 0 Å². The summed E-state index contributed by atoms with van der Waals surface area (Å²) in [7, 11) is 0. The number of amidine groups is 1. The monoisotopic (exact) mass is 576 g/mol. The van der Waals surface area contributed by atoms with Gasteiger partial charge in [0.2, 0.25) is 17.7 Å². The summed E-state index contributed by atoms with van der Waals surface area (Å²) in [4.78, 5) is 43.6. The first-order chi connectivity index (χ1) is 20.1. The van der Waals surface area contributed by atoms with Gasteiger partial charge in [0, 0.05) is 24.4 Å². The molecule has 0 aliphatic heterocycles. The van der Waals surface area contributed by atoms with Crippen molar-refractivity contribution in [3.63, 3.8) is 0 Å². The van der Waals surface area contributed by atoms with E-state index in [0.717, 1.165) is 43.2 Å². The van der Waals surface area contributed by atoms with Crippen molar-refractivity contribution in [1.29, 1.82) is 5.41 Å². The molecule has 0 saturated heterocycles. The van der Waals surface area contributed by atoms with Crippen LogP contribution in [0.15, 0.2) is 59.6 Å². The molecule has 0 heterocycles. The van der Waals surface area contributed by atoms with E-state index in [1.807, 2.05) is 42.5 Å². The molecule has 1 aliphatic rings. The average Bonchev–Trinajstić information content (AvgIpc) is 2.97. The highest BCUT2D eigenvalue weighted by Gasteiger charge is 2.33. The Bertz CT molecular complexity index is 1220. The van der Waals surface area contributed by atoms with Crippen LogP contribution in [0.2, 0.25) is 0 Å². The number of nitrogen functional groups attached to an aromatic ring is 1. The Labute approximate surface area is 247 Å². The van der Waals surface area contributed by atoms with Gasteiger partial charge in [-0.15, -0.1) is 0 Å². The molecule has 0 unspecified atom stereocenters. The van der Waals surface area contributed by atoms with Gasteiger partial charge in [0.1, 0.15) is 17.9 Å². The number of carbonyl (C=O) groups excluding carboxylic acids is 3. The largest absolute Gasteiger partial charge is 0.384 e. The Balaban J connectivity index is 1.80. The number of nitrogens with zero attached hydrogens (tertiary/aromatic N) is 1. The molecule has 1 fully saturated rings. The number of aliphatic imine (C=N–C) groups is 1. The van der Waals surface area contributed by atoms with Crippen molar-refractivity contribution in [3.8, 4) is 0 Å². The lowest BCUT2D eigenvalue weighted by Crippen LogP contribution is -2.55. The first-order valence-electron chi connectivity index (χ1n) is 14.6. The molecule has 3 rings (SSSR count). The van der Waals surface area contributed by atoms with Crippen LogP contribution in [0, 0.1) is 17.2 Å². The second-order valence-corrected chi connectivity index (χ2v) is 11.0. The summed E-state index contributed by atoms with van der Waals surface area (Å²) in [5, 5.41) is 13.4. The van der Waals surface area contributed by atoms with Crippen LogP contribution in [0.5, 0.6) is 0 Å². The zero-order valence-electron chi connectivity index (χ0n) is 24.1. The number of primary amides is 1. The van der Waals surface area contributed by atoms with Crippen LogP contribution in [0.1, 0.15) is 61.6 Å². The second-order valence-electron chi connectivity index (χ2n) is 11.0. The highest BCUT2D eigenvalue weighted by Crippen LogP contribution is 2.32. The molecule has 2 aromatic rings. The van der Waals surface area contributed by atoms with Crippen molar-refractivity contribution in [3.05, 3.63) is 71.3 Å². The molecule has 0 bridgehead atoms. The fraction of sp³-hybridized carbons (Fsp3) is 0.452. The van der Waals surface area contributed by atoms with Crippen molar-refractivity contribution in [2.45, 2.75) is 69.9 Å². The molecular formula is C31H44N8O3. The number of amides is 3. The molecule has 11 heteroatoms. The minimum Gasteiger partial charge on any atom is -0.384 e. The van der Waals surface area contributed by atoms with Crippen LogP contribution in [-0.2, 0) is 27.2 Å². The summed E-state index contributed by atoms with van der Waals surface area (Å²) in [6.07, 6.45) is 6.61. The van der Waals surface area contributed by atoms with Crippen LogP contribution < -0.4 is 33.6 Å². The molecule has 3 atom stereocenters. The van der Waals surface area contributed by atoms with E-state index in [1.54, 1.807) is 12.1 Å². The van der Waals surface area contributed by atoms with Gasteiger partial charge in [0.15, 0.2) is 5.96 Å². The summed E-state index contributed by atoms with van der Waals surface area (Å²) in [6.45, 7) is 0.294. The number of nitrogens with one attached hydrogen (secondary N) is 3. The minimum absolute atomic E-state index is 0.0107. The molecule has 2 aromatic carbocycles. The number of benzene rings is 2. The number of guanidine groups is 1. The molecule has 11 nitrogen and oxygen atoms in total. The third-order valence-corrected chi connectivity index (χ3v) is 7.80. The third kappa shape index (κ3) is 10.2. The summed E-state index contributed by atoms with van der Waals surface area (Å²) in [5.74, 6) is -1.58. The Morgan fingerprint density at radius 1 is 0.810 bits per heavy atom. The molecular weight excluding hydrogens is 532 g/mol. The molecule has 11 N–H and O–H groups in total. The van der Waals surface area contributed by atoms with Gasteiger partial charge in [-0.05, 0) is 49.1 Å². The number of hydrogen-bond acceptors (Lipinski definition) is 5. The van der Waals surface area contributed by atoms with Gasteiger partial charge >= 0.3 is 0 Å². The SMILES string of the molecule is N=C(N)c1ccc(C[C@@H](C(=O)N[C@@H](Cc2ccccc2)C(=O)N[C@@H](CCCN=C(N)N)C(N)=O)C2CCCCC2)cc1. The van der Waals surface area contributed by atoms with Crippen molar-refractivity contribution >= 4 is 29.5 Å². The van der Waals surface area contributed by atoms with Gasteiger partial charge in [-0.2, -0.15) is 0 Å². The van der Waals surface area contributed by atoms with Crippen molar-refractivity contribution < 1.29 is 14.4 Å². The van der Waals surface area contributed by atoms with Crippen molar-refractivity contribution in [2.24, 2.45) is 39.8 Å². The maximum atomic E-state index is 13.9. The van der Waals surface area contributed by atoms with Gasteiger partial charge < -0.3 is 33.6 Å². The molecule has 3 amide bonds. The van der Waals surface area contributed by atoms with Crippen LogP contribution in [0.25, 0.3) is 0 Å². The van der Waals surface area contributed by atoms with E-state index in [2.05, 4.69) is 15.6 Å². The summed E-state index contributed by atoms with van der Waals surface area (Å²) >= 11 is 0. The van der Waals surface area contributed by atoms with E-state index >= 15 is 0 Å². The van der Waals surface area contributed by atoms with Crippen molar-refractivity contribution in [1.82, 2.24) is 10.6 Å². The van der Waals surface area contributed by atoms with Crippen molar-refractivity contribution in [2.75, 3.05) is 6.54 Å². The maximum absolute atomic E-state index is 13.9. The Kier molecular flexibility index (Phi) is 12.3. The van der Waals surface area contributed by atoms with E-state index in [1.165, 1.54) is 0 Å². The van der Waals surface area contributed by atoms with E-state index in [9.17, 15) is 14.4 Å². The normalized spacial score (nSPS) is 15.5. The molecule has 226 valence electrons. The highest BCUT2D eigenvalue weighted by molar-refractivity contribution is 5.95. The van der Waals surface area contributed by atoms with Crippen LogP contribution in [-0.4, -0.2) is 48.1 Å². The van der Waals surface area contributed by atoms with Crippen LogP contribution in [0.3, 0.4) is 0 Å². The Morgan fingerprint density at radius 3 is 2.02 bits per heavy atom. The predicted octanol–water partition coefficient (Wildman–Crippen LogP) is 1.46. The van der Waals surface area contributed by atoms with Gasteiger partial charge in [-0.25, -0.2) is 0 Å². The molecule has 1 aliphatic carbocycles. The fourth-order valence-electron chi connectivity index (χ4n) is 5.48. The van der Waals surface area contributed by atoms with E-state index in [-0.39, 0.29) is 42.4 Å². The third-order valence-electron chi connectivity index (χ3n) is 7.80. The molecule has 1 saturated carbocycles. The Morgan fingerprint density at radius 2 is 1.43 bits per heavy atom. The van der Waals surface area contributed by atoms with E-state index in [0.29, 0.717) is 24.9 Å². The van der Waals surface area contributed by atoms with E-state index in [4.69, 9.17) is 28.3 Å². The quantitative estimate of drug-likeness (QED) is 0.0945. The fourth-order valence-corrected chi connectivity index (χ4v) is 5.48. The molecule has 0 radical (unpaired) electrons. The van der Waals surface area contributed by atoms with Gasteiger partial charge in [-0.1, -0.05) is 73.9 Å². The first-order valence-corrected chi connectivity index (χ1v) is 14.6. The number of rotatable bonds is 15. The Hall–Kier alpha value is -4.41. The van der Waals surface area contributed by atoms with E-state index < -0.39 is 23.9 Å². The minimum atomic E-state index is -0.934. The predicted molar refractivity (Wildman–Crippen MR) is 164 cm³/mol. The highest BCUT2D eigenvalue weighted by atomic mass is 16.2. The lowest BCUT2D eigenvalue weighted by Gasteiger charge is -2.31. The molecule has 0 aromatic heterocycles. The van der Waals surface area contributed by atoms with Gasteiger partial charge in [0.05, 0.1) is 0 Å². The summed E-state index contributed by atoms with van der Waals surface area (Å²) in [5.41, 5.74) is 24.4. The topological polar surface area (TPSA) is 216 Å². The lowest BCUT2D eigenvalue weighted by atomic mass is 9.76. The summed E-state index contributed by atoms with van der Waals surface area (Å²) in [6, 6.07) is 14.9. The zero-order valence-corrected chi connectivity index (χ0v) is 24.1. The molecule has 42 heavy (non-hydrogen) atoms. The maximum Gasteiger partial charge on any atom is 0.243 e. The van der Waals surface area contributed by atoms with Gasteiger partial charge in [0.25, 0.3) is 0 Å². The number of nitrogens with two attached hydrogens (primary N) is 4.